The maximum Gasteiger partial charge on any atom is 0.0811 e. The second-order valence-electron chi connectivity index (χ2n) is 2.08. The van der Waals surface area contributed by atoms with Crippen molar-refractivity contribution < 1.29 is 5.11 Å². The molecule has 0 aliphatic carbocycles. The largest absolute Gasteiger partial charge is 0.390 e. The van der Waals surface area contributed by atoms with Gasteiger partial charge in [0.15, 0.2) is 0 Å². The lowest BCUT2D eigenvalue weighted by Gasteiger charge is -1.96. The Balaban J connectivity index is 4.13. The molecule has 3 nitrogen and oxygen atoms in total. The Morgan fingerprint density at radius 3 is 2.40 bits per heavy atom. The van der Waals surface area contributed by atoms with Crippen molar-refractivity contribution in [2.24, 2.45) is 4.99 Å². The van der Waals surface area contributed by atoms with Gasteiger partial charge < -0.3 is 10.5 Å². The van der Waals surface area contributed by atoms with Crippen LogP contribution in [0.4, 0.5) is 0 Å². The van der Waals surface area contributed by atoms with Gasteiger partial charge in [-0.05, 0) is 13.8 Å². The second kappa shape index (κ2) is 3.95. The molecule has 0 aromatic heterocycles. The van der Waals surface area contributed by atoms with Gasteiger partial charge in [0.2, 0.25) is 0 Å². The first-order chi connectivity index (χ1) is 4.57. The summed E-state index contributed by atoms with van der Waals surface area (Å²) >= 11 is 0. The number of hydrogen-bond acceptors (Lipinski definition) is 3. The first-order valence-electron chi connectivity index (χ1n) is 2.97. The topological polar surface area (TPSA) is 56.4 Å². The van der Waals surface area contributed by atoms with Crippen molar-refractivity contribution >= 4 is 11.4 Å². The quantitative estimate of drug-likeness (QED) is 0.564. The minimum Gasteiger partial charge on any atom is -0.390 e. The number of allylic oxidation sites excluding steroid dienone is 1. The zero-order valence-electron chi connectivity index (χ0n) is 6.31. The van der Waals surface area contributed by atoms with Gasteiger partial charge in [0.05, 0.1) is 18.0 Å². The Kier molecular flexibility index (Phi) is 3.57. The SMILES string of the molecule is C=C(/N=C(\C)CO)C(C)=N. The summed E-state index contributed by atoms with van der Waals surface area (Å²) in [6.07, 6.45) is 0. The van der Waals surface area contributed by atoms with Crippen LogP contribution in [-0.2, 0) is 0 Å². The average Bonchev–Trinajstić information content (AvgIpc) is 1.87. The molecule has 0 rings (SSSR count). The Bertz CT molecular complexity index is 182. The number of hydrogen-bond donors (Lipinski definition) is 2. The zero-order chi connectivity index (χ0) is 8.15. The number of aliphatic hydroxyl groups excluding tert-OH is 1. The molecule has 0 aromatic rings. The van der Waals surface area contributed by atoms with E-state index < -0.39 is 0 Å². The standard InChI is InChI=1S/C7H12N2O/c1-5(4-10)9-7(3)6(2)8/h8,10H,3-4H2,1-2H3/b8-6?,9-5+. The van der Waals surface area contributed by atoms with Gasteiger partial charge in [-0.3, -0.25) is 4.99 Å². The fourth-order valence-corrected chi connectivity index (χ4v) is 0.350. The van der Waals surface area contributed by atoms with E-state index in [4.69, 9.17) is 10.5 Å². The van der Waals surface area contributed by atoms with E-state index in [2.05, 4.69) is 11.6 Å². The van der Waals surface area contributed by atoms with Crippen LogP contribution in [0.3, 0.4) is 0 Å². The molecule has 0 aromatic carbocycles. The Labute approximate surface area is 60.6 Å². The molecule has 0 aliphatic rings. The van der Waals surface area contributed by atoms with Gasteiger partial charge >= 0.3 is 0 Å². The van der Waals surface area contributed by atoms with Gasteiger partial charge in [-0.1, -0.05) is 6.58 Å². The van der Waals surface area contributed by atoms with Gasteiger partial charge in [-0.15, -0.1) is 0 Å². The maximum absolute atomic E-state index is 8.52. The summed E-state index contributed by atoms with van der Waals surface area (Å²) in [7, 11) is 0. The highest BCUT2D eigenvalue weighted by Gasteiger charge is 1.93. The molecule has 0 aliphatic heterocycles. The van der Waals surface area contributed by atoms with E-state index in [-0.39, 0.29) is 6.61 Å². The lowest BCUT2D eigenvalue weighted by molar-refractivity contribution is 0.357. The fraction of sp³-hybridized carbons (Fsp3) is 0.429. The summed E-state index contributed by atoms with van der Waals surface area (Å²) in [6.45, 7) is 6.74. The van der Waals surface area contributed by atoms with Gasteiger partial charge in [-0.2, -0.15) is 0 Å². The maximum atomic E-state index is 8.52. The van der Waals surface area contributed by atoms with Crippen molar-refractivity contribution in [2.45, 2.75) is 13.8 Å². The molecule has 56 valence electrons. The lowest BCUT2D eigenvalue weighted by atomic mass is 10.3. The van der Waals surface area contributed by atoms with E-state index in [1.54, 1.807) is 13.8 Å². The molecule has 10 heavy (non-hydrogen) atoms. The monoisotopic (exact) mass is 140 g/mol. The molecule has 0 unspecified atom stereocenters. The highest BCUT2D eigenvalue weighted by Crippen LogP contribution is 1.94. The summed E-state index contributed by atoms with van der Waals surface area (Å²) in [4.78, 5) is 3.84. The van der Waals surface area contributed by atoms with E-state index in [9.17, 15) is 0 Å². The zero-order valence-corrected chi connectivity index (χ0v) is 6.31. The van der Waals surface area contributed by atoms with Crippen LogP contribution >= 0.6 is 0 Å². The average molecular weight is 140 g/mol. The molecule has 0 saturated heterocycles. The smallest absolute Gasteiger partial charge is 0.0811 e. The van der Waals surface area contributed by atoms with Gasteiger partial charge in [0, 0.05) is 5.71 Å². The third-order valence-electron chi connectivity index (χ3n) is 0.988. The highest BCUT2D eigenvalue weighted by molar-refractivity contribution is 5.98. The van der Waals surface area contributed by atoms with Gasteiger partial charge in [-0.25, -0.2) is 0 Å². The normalized spacial score (nSPS) is 11.3. The van der Waals surface area contributed by atoms with Gasteiger partial charge in [0.25, 0.3) is 0 Å². The molecule has 0 fully saturated rings. The molecule has 0 amide bonds. The summed E-state index contributed by atoms with van der Waals surface area (Å²) in [5.41, 5.74) is 1.32. The van der Waals surface area contributed by atoms with Crippen LogP contribution in [0.5, 0.6) is 0 Å². The van der Waals surface area contributed by atoms with Crippen LogP contribution in [0, 0.1) is 5.41 Å². The summed E-state index contributed by atoms with van der Waals surface area (Å²) in [5, 5.41) is 15.6. The molecule has 0 spiro atoms. The predicted octanol–water partition coefficient (Wildman–Crippen LogP) is 0.993. The number of aliphatic hydroxyl groups is 1. The highest BCUT2D eigenvalue weighted by atomic mass is 16.3. The molecule has 0 atom stereocenters. The van der Waals surface area contributed by atoms with E-state index in [0.717, 1.165) is 0 Å². The van der Waals surface area contributed by atoms with Crippen LogP contribution in [0.2, 0.25) is 0 Å². The van der Waals surface area contributed by atoms with Crippen LogP contribution in [0.1, 0.15) is 13.8 Å². The van der Waals surface area contributed by atoms with Crippen molar-refractivity contribution in [3.8, 4) is 0 Å². The molecule has 0 bridgehead atoms. The first kappa shape index (κ1) is 9.04. The minimum absolute atomic E-state index is 0.0771. The van der Waals surface area contributed by atoms with E-state index >= 15 is 0 Å². The van der Waals surface area contributed by atoms with Crippen LogP contribution < -0.4 is 0 Å². The summed E-state index contributed by atoms with van der Waals surface area (Å²) < 4.78 is 0. The first-order valence-corrected chi connectivity index (χ1v) is 2.97. The molecular weight excluding hydrogens is 128 g/mol. The Morgan fingerprint density at radius 2 is 2.10 bits per heavy atom. The van der Waals surface area contributed by atoms with Gasteiger partial charge in [0.1, 0.15) is 0 Å². The second-order valence-corrected chi connectivity index (χ2v) is 2.08. The molecule has 0 heterocycles. The third-order valence-corrected chi connectivity index (χ3v) is 0.988. The minimum atomic E-state index is -0.0771. The van der Waals surface area contributed by atoms with E-state index in [1.165, 1.54) is 0 Å². The summed E-state index contributed by atoms with van der Waals surface area (Å²) in [6, 6.07) is 0. The van der Waals surface area contributed by atoms with E-state index in [1.807, 2.05) is 0 Å². The number of nitrogens with zero attached hydrogens (tertiary/aromatic N) is 1. The van der Waals surface area contributed by atoms with Crippen molar-refractivity contribution in [1.82, 2.24) is 0 Å². The third kappa shape index (κ3) is 3.14. The number of nitrogens with one attached hydrogen (secondary N) is 1. The molecule has 0 radical (unpaired) electrons. The number of aliphatic imine (C=N–C) groups is 1. The van der Waals surface area contributed by atoms with E-state index in [0.29, 0.717) is 17.1 Å². The molecule has 3 heteroatoms. The van der Waals surface area contributed by atoms with Crippen LogP contribution in [0.15, 0.2) is 17.3 Å². The predicted molar refractivity (Wildman–Crippen MR) is 42.7 cm³/mol. The Morgan fingerprint density at radius 1 is 1.60 bits per heavy atom. The van der Waals surface area contributed by atoms with Crippen LogP contribution in [0.25, 0.3) is 0 Å². The van der Waals surface area contributed by atoms with Crippen molar-refractivity contribution in [1.29, 1.82) is 5.41 Å². The number of rotatable bonds is 3. The lowest BCUT2D eigenvalue weighted by Crippen LogP contribution is -2.00. The molecule has 0 saturated carbocycles. The fourth-order valence-electron chi connectivity index (χ4n) is 0.350. The van der Waals surface area contributed by atoms with Crippen molar-refractivity contribution in [3.05, 3.63) is 12.3 Å². The molecular formula is C7H12N2O. The van der Waals surface area contributed by atoms with Crippen molar-refractivity contribution in [2.75, 3.05) is 6.61 Å². The van der Waals surface area contributed by atoms with Crippen LogP contribution in [-0.4, -0.2) is 23.1 Å². The molecule has 2 N–H and O–H groups in total. The Hall–Kier alpha value is -0.960. The summed E-state index contributed by atoms with van der Waals surface area (Å²) in [5.74, 6) is 0. The van der Waals surface area contributed by atoms with Crippen molar-refractivity contribution in [3.63, 3.8) is 0 Å².